The Hall–Kier alpha value is -5.48. The number of unbranched alkanes of at least 4 members (excludes halogenated alkanes) is 2. The summed E-state index contributed by atoms with van der Waals surface area (Å²) >= 11 is 0. The maximum atomic E-state index is 12.4. The monoisotopic (exact) mass is 1620 g/mol. The molecular weight excluding hydrogens is 1470 g/mol. The van der Waals surface area contributed by atoms with Gasteiger partial charge < -0.3 is 29.6 Å². The number of carbonyl (C=O) groups excluding carboxylic acids is 8. The first kappa shape index (κ1) is 101. The average Bonchev–Trinajstić information content (AvgIpc) is 1.55. The van der Waals surface area contributed by atoms with Gasteiger partial charge in [-0.2, -0.15) is 9.59 Å². The molecule has 0 amide bonds. The molecule has 1 aliphatic heterocycles. The molecule has 2 bridgehead atoms. The Bertz CT molecular complexity index is 3660. The molecule has 0 aromatic carbocycles. The fourth-order valence-corrected chi connectivity index (χ4v) is 21.8. The second-order valence-electron chi connectivity index (χ2n) is 39.1. The molecule has 650 valence electrons. The van der Waals surface area contributed by atoms with Crippen LogP contribution in [0.5, 0.6) is 0 Å². The van der Waals surface area contributed by atoms with Crippen LogP contribution in [-0.4, -0.2) is 110 Å². The van der Waals surface area contributed by atoms with Crippen LogP contribution in [0.1, 0.15) is 354 Å². The molecule has 116 heavy (non-hydrogen) atoms. The number of ether oxygens (including phenoxy) is 1. The zero-order chi connectivity index (χ0) is 86.6. The minimum absolute atomic E-state index is 0.0545. The summed E-state index contributed by atoms with van der Waals surface area (Å²) in [5, 5.41) is 40.5. The van der Waals surface area contributed by atoms with E-state index in [4.69, 9.17) is 18.8 Å². The van der Waals surface area contributed by atoms with E-state index < -0.39 is 36.0 Å². The van der Waals surface area contributed by atoms with Gasteiger partial charge in [-0.05, 0) is 290 Å². The van der Waals surface area contributed by atoms with Crippen LogP contribution in [0.15, 0.2) is 131 Å². The van der Waals surface area contributed by atoms with Crippen LogP contribution in [0.4, 0.5) is 0 Å². The first-order chi connectivity index (χ1) is 54.4. The summed E-state index contributed by atoms with van der Waals surface area (Å²) in [6.45, 7) is 43.2. The zero-order valence-corrected chi connectivity index (χ0v) is 76.5. The molecule has 2 unspecified atom stereocenters. The summed E-state index contributed by atoms with van der Waals surface area (Å²) in [5.74, 6) is 2.80. The molecule has 0 aromatic heterocycles. The van der Waals surface area contributed by atoms with Crippen molar-refractivity contribution in [3.05, 3.63) is 131 Å². The van der Waals surface area contributed by atoms with Gasteiger partial charge in [0.25, 0.3) is 0 Å². The first-order valence-corrected chi connectivity index (χ1v) is 48.6. The maximum Gasteiger partial charge on any atom is 0.373 e. The number of hydrogen-bond donors (Lipinski definition) is 4. The number of aliphatic hydroxyl groups excluding tert-OH is 2. The van der Waals surface area contributed by atoms with Crippen LogP contribution in [0.25, 0.3) is 0 Å². The summed E-state index contributed by atoms with van der Waals surface area (Å²) in [7, 11) is -1.85. The van der Waals surface area contributed by atoms with Gasteiger partial charge in [-0.1, -0.05) is 194 Å². The van der Waals surface area contributed by atoms with Crippen molar-refractivity contribution in [3.63, 3.8) is 0 Å². The number of rotatable bonds is 10. The van der Waals surface area contributed by atoms with Crippen molar-refractivity contribution >= 4 is 49.2 Å². The molecule has 0 radical (unpaired) electrons. The largest absolute Gasteiger partial charge is 0.407 e. The molecule has 5 fully saturated rings. The molecule has 4 N–H and O–H groups in total. The molecule has 1 heterocycles. The lowest BCUT2D eigenvalue weighted by Crippen LogP contribution is -2.56. The first-order valence-electron chi connectivity index (χ1n) is 45.2. The van der Waals surface area contributed by atoms with Gasteiger partial charge in [0.15, 0.2) is 19.9 Å². The Balaban J connectivity index is 0.000000236. The SMILES string of the molecule is C=C1/C=C\CC/C(C)=C/CC1.C=C1/C=C\CC[C@]2(C)O[C@H]2CC1.CC(=O)C1=CCC[C@]2(C)C(=O)CC[C@]12O.CC(=O)C1=CCC[C@]2(C)C(=O)CC[C@]12O[Si](C)(C)C.CCCC[C@H]1CC/C(C)=C/CCC(=O)C1.CCCC[C@H]1CC/C(C)=C/CCC(=O)[C@H]1C.C[C@@]12C=CCC[C@]1(C)C(O)CC2.C[C@@]12CCC=C[C@](O)(CCC1O)C2.O=C=O. The average molecular weight is 1620 g/mol. The number of aliphatic hydroxyl groups is 4. The lowest BCUT2D eigenvalue weighted by atomic mass is 9.62. The predicted molar refractivity (Wildman–Crippen MR) is 474 cm³/mol. The standard InChI is InChI=1S/C15H24O3Si.C15H26O.C14H24O.C12H16O3.C11H18O2.C11H18O.C11H16O.C11H16.CO2/c1-11(16)12-7-6-9-14(2)13(17)8-10-15(12,14)18-19(3,4)5;1-4-5-8-14-11-10-12(2)7-6-9-15(16)13(14)3;1-3-4-7-13-10-9-12(2)6-5-8-14(15)11-13;1-8(13)9-4-3-6-11(2)10(14)5-7-12(9,11)15;1-10-5-2-3-6-11(13,8-10)7-4-9(10)12;1-10-6-3-4-7-11(10,2)9(12)5-8-10;1-9-5-3-4-8-11(2)10(12-11)7-6-9;1-10-6-3-4-7-11(2)9-5-8-10;2-1-3/h7H,6,8-10H2,1-5H3;7,13-14H,4-6,8-11H2,1-3H3;6,13H,3-5,7-11H2,1-2H3;4,15H,3,5-7H2,1-2H3;3,6,9,12-13H,2,4-5,7-8H2,1H3;3,6,9,12H,4-5,7-8H2,1-2H3;3,5,10H,1,4,6-8H2,2H3;3,6,9H,1,4-5,7-8H2,2H3;/b;12-7+;12-6+;;;;5-3-;6-3-,11-9+;/t14-,15+;13-,14-;13-;11-,12+;9?,10-,11-;9?,10-,11+;10-,11-;;/m1001000../s1. The van der Waals surface area contributed by atoms with Crippen molar-refractivity contribution in [1.29, 1.82) is 0 Å². The third-order valence-electron chi connectivity index (χ3n) is 28.7. The highest BCUT2D eigenvalue weighted by Crippen LogP contribution is 2.60. The highest BCUT2D eigenvalue weighted by molar-refractivity contribution is 6.70. The Morgan fingerprint density at radius 1 is 0.552 bits per heavy atom. The third-order valence-corrected chi connectivity index (χ3v) is 29.7. The third kappa shape index (κ3) is 28.3. The van der Waals surface area contributed by atoms with E-state index in [1.54, 1.807) is 19.9 Å². The maximum absolute atomic E-state index is 12.4. The van der Waals surface area contributed by atoms with Crippen LogP contribution in [0.2, 0.25) is 19.6 Å². The molecular formula is C101H158O14Si. The number of carbonyl (C=O) groups is 6. The van der Waals surface area contributed by atoms with Gasteiger partial charge in [-0.3, -0.25) is 28.8 Å². The number of Topliss-reactive ketones (excluding diaryl/α,β-unsaturated/α-hetero) is 6. The van der Waals surface area contributed by atoms with Gasteiger partial charge in [0, 0.05) is 54.6 Å². The highest BCUT2D eigenvalue weighted by Gasteiger charge is 2.63. The molecule has 4 saturated carbocycles. The van der Waals surface area contributed by atoms with Crippen molar-refractivity contribution in [1.82, 2.24) is 0 Å². The zero-order valence-electron chi connectivity index (χ0n) is 75.5. The molecule has 0 aromatic rings. The van der Waals surface area contributed by atoms with E-state index in [0.717, 1.165) is 134 Å². The van der Waals surface area contributed by atoms with Gasteiger partial charge in [0.05, 0.1) is 45.9 Å². The summed E-state index contributed by atoms with van der Waals surface area (Å²) < 4.78 is 12.1. The van der Waals surface area contributed by atoms with Crippen molar-refractivity contribution in [3.8, 4) is 0 Å². The van der Waals surface area contributed by atoms with Crippen molar-refractivity contribution in [2.24, 2.45) is 44.8 Å². The minimum atomic E-state index is -1.85. The summed E-state index contributed by atoms with van der Waals surface area (Å²) in [6, 6.07) is 0. The molecule has 15 heteroatoms. The van der Waals surface area contributed by atoms with Crippen LogP contribution >= 0.6 is 0 Å². The molecule has 14 nitrogen and oxygen atoms in total. The predicted octanol–water partition coefficient (Wildman–Crippen LogP) is 23.4. The Kier molecular flexibility index (Phi) is 40.0. The highest BCUT2D eigenvalue weighted by atomic mass is 28.4. The Morgan fingerprint density at radius 2 is 1.09 bits per heavy atom. The lowest BCUT2D eigenvalue weighted by Gasteiger charge is -2.49. The van der Waals surface area contributed by atoms with E-state index in [0.29, 0.717) is 80.0 Å². The quantitative estimate of drug-likeness (QED) is 0.0904. The fourth-order valence-electron chi connectivity index (χ4n) is 20.3. The molecule has 13 aliphatic rings. The smallest absolute Gasteiger partial charge is 0.373 e. The molecule has 13 rings (SSSR count). The van der Waals surface area contributed by atoms with Crippen LogP contribution in [-0.2, 0) is 47.5 Å². The lowest BCUT2D eigenvalue weighted by molar-refractivity contribution is -0.192. The van der Waals surface area contributed by atoms with Crippen molar-refractivity contribution in [2.75, 3.05) is 0 Å². The number of ketones is 6. The topological polar surface area (TPSA) is 239 Å². The van der Waals surface area contributed by atoms with Crippen molar-refractivity contribution in [2.45, 2.75) is 414 Å². The Labute approximate surface area is 703 Å². The molecule has 1 saturated heterocycles. The minimum Gasteiger partial charge on any atom is -0.407 e. The second-order valence-corrected chi connectivity index (χ2v) is 43.5. The van der Waals surface area contributed by atoms with Gasteiger partial charge in [-0.25, -0.2) is 0 Å². The molecule has 12 aliphatic carbocycles. The molecule has 15 atom stereocenters. The normalized spacial score (nSPS) is 37.0. The van der Waals surface area contributed by atoms with Crippen LogP contribution < -0.4 is 0 Å². The number of hydrogen-bond acceptors (Lipinski definition) is 14. The van der Waals surface area contributed by atoms with E-state index in [1.165, 1.54) is 118 Å². The number of epoxide rings is 1. The van der Waals surface area contributed by atoms with E-state index in [9.17, 15) is 49.2 Å². The fraction of sp³-hybridized carbons (Fsp3) is 0.713. The number of allylic oxidation sites excluding steroid dienone is 17. The summed E-state index contributed by atoms with van der Waals surface area (Å²) in [6.07, 6.45) is 67.8. The van der Waals surface area contributed by atoms with Crippen LogP contribution in [0, 0.1) is 44.8 Å². The molecule has 0 spiro atoms. The van der Waals surface area contributed by atoms with E-state index >= 15 is 0 Å². The number of fused-ring (bicyclic) bond motifs is 6. The van der Waals surface area contributed by atoms with Gasteiger partial charge >= 0.3 is 6.15 Å². The van der Waals surface area contributed by atoms with E-state index in [2.05, 4.69) is 163 Å². The van der Waals surface area contributed by atoms with Crippen LogP contribution in [0.3, 0.4) is 0 Å². The van der Waals surface area contributed by atoms with Crippen molar-refractivity contribution < 1.29 is 67.9 Å². The van der Waals surface area contributed by atoms with Gasteiger partial charge in [0.2, 0.25) is 0 Å². The van der Waals surface area contributed by atoms with E-state index in [-0.39, 0.29) is 69.3 Å². The van der Waals surface area contributed by atoms with Gasteiger partial charge in [0.1, 0.15) is 28.7 Å². The summed E-state index contributed by atoms with van der Waals surface area (Å²) in [5.41, 5.74) is 4.99. The van der Waals surface area contributed by atoms with E-state index in [1.807, 2.05) is 19.1 Å². The second kappa shape index (κ2) is 46.0. The Morgan fingerprint density at radius 3 is 1.72 bits per heavy atom. The summed E-state index contributed by atoms with van der Waals surface area (Å²) in [4.78, 5) is 87.5. The van der Waals surface area contributed by atoms with Gasteiger partial charge in [-0.15, -0.1) is 0 Å².